The summed E-state index contributed by atoms with van der Waals surface area (Å²) >= 11 is 7.25. The van der Waals surface area contributed by atoms with Crippen molar-refractivity contribution >= 4 is 28.7 Å². The van der Waals surface area contributed by atoms with Crippen molar-refractivity contribution in [3.8, 4) is 0 Å². The number of nitrogens with zero attached hydrogens (tertiary/aromatic N) is 1. The second kappa shape index (κ2) is 5.83. The lowest BCUT2D eigenvalue weighted by Crippen LogP contribution is -2.41. The van der Waals surface area contributed by atoms with Gasteiger partial charge < -0.3 is 10.2 Å². The predicted octanol–water partition coefficient (Wildman–Crippen LogP) is 3.24. The molecule has 0 saturated heterocycles. The van der Waals surface area contributed by atoms with E-state index in [1.54, 1.807) is 11.3 Å². The van der Waals surface area contributed by atoms with E-state index in [1.165, 1.54) is 18.4 Å². The fourth-order valence-corrected chi connectivity index (χ4v) is 2.68. The van der Waals surface area contributed by atoms with Crippen LogP contribution in [0.5, 0.6) is 0 Å². The number of hydrogen-bond acceptors (Lipinski definition) is 2. The first-order chi connectivity index (χ1) is 8.16. The fraction of sp³-hybridized carbons (Fsp3) is 0.615. The minimum Gasteiger partial charge on any atom is -0.362 e. The molecule has 0 aliphatic heterocycles. The normalized spacial score (nSPS) is 15.0. The molecule has 0 spiro atoms. The molecule has 1 aromatic heterocycles. The third-order valence-corrected chi connectivity index (χ3v) is 3.95. The molecule has 17 heavy (non-hydrogen) atoms. The molecule has 1 aliphatic carbocycles. The van der Waals surface area contributed by atoms with Gasteiger partial charge >= 0.3 is 0 Å². The van der Waals surface area contributed by atoms with Crippen molar-refractivity contribution in [2.75, 3.05) is 6.54 Å². The topological polar surface area (TPSA) is 15.3 Å². The zero-order valence-electron chi connectivity index (χ0n) is 10.5. The predicted molar refractivity (Wildman–Crippen MR) is 78.3 cm³/mol. The molecule has 0 unspecified atom stereocenters. The van der Waals surface area contributed by atoms with E-state index >= 15 is 0 Å². The second-order valence-electron chi connectivity index (χ2n) is 5.07. The van der Waals surface area contributed by atoms with Crippen LogP contribution in [0, 0.1) is 5.92 Å². The van der Waals surface area contributed by atoms with Crippen LogP contribution in [0.2, 0.25) is 0 Å². The lowest BCUT2D eigenvalue weighted by Gasteiger charge is -2.26. The maximum absolute atomic E-state index is 5.50. The number of thiophene rings is 1. The van der Waals surface area contributed by atoms with E-state index in [9.17, 15) is 0 Å². The van der Waals surface area contributed by atoms with Crippen LogP contribution in [0.1, 0.15) is 32.3 Å². The standard InChI is InChI=1S/C13H20N2S2/c1-10(2)7-14-13(16)15(12-3-4-12)8-11-5-6-17-9-11/h5-6,9-10,12H,3-4,7-8H2,1-2H3,(H,14,16). The SMILES string of the molecule is CC(C)CNC(=S)N(Cc1ccsc1)C1CC1. The van der Waals surface area contributed by atoms with Crippen LogP contribution in [0.4, 0.5) is 0 Å². The van der Waals surface area contributed by atoms with E-state index in [0.29, 0.717) is 12.0 Å². The average molecular weight is 268 g/mol. The van der Waals surface area contributed by atoms with Gasteiger partial charge in [-0.1, -0.05) is 13.8 Å². The van der Waals surface area contributed by atoms with Crippen LogP contribution >= 0.6 is 23.6 Å². The van der Waals surface area contributed by atoms with Crippen LogP contribution in [-0.2, 0) is 6.54 Å². The molecule has 1 N–H and O–H groups in total. The van der Waals surface area contributed by atoms with Crippen LogP contribution in [-0.4, -0.2) is 22.6 Å². The van der Waals surface area contributed by atoms with Gasteiger partial charge in [-0.05, 0) is 53.4 Å². The van der Waals surface area contributed by atoms with E-state index in [2.05, 4.69) is 40.9 Å². The van der Waals surface area contributed by atoms with E-state index in [0.717, 1.165) is 18.2 Å². The maximum atomic E-state index is 5.50. The lowest BCUT2D eigenvalue weighted by molar-refractivity contribution is 0.393. The Morgan fingerprint density at radius 3 is 2.88 bits per heavy atom. The smallest absolute Gasteiger partial charge is 0.169 e. The minimum absolute atomic E-state index is 0.634. The summed E-state index contributed by atoms with van der Waals surface area (Å²) in [6.07, 6.45) is 2.57. The van der Waals surface area contributed by atoms with E-state index in [1.807, 2.05) is 0 Å². The summed E-state index contributed by atoms with van der Waals surface area (Å²) in [6.45, 7) is 6.33. The Labute approximate surface area is 113 Å². The van der Waals surface area contributed by atoms with E-state index < -0.39 is 0 Å². The Hall–Kier alpha value is -0.610. The Kier molecular flexibility index (Phi) is 4.40. The van der Waals surface area contributed by atoms with Gasteiger partial charge in [0.25, 0.3) is 0 Å². The van der Waals surface area contributed by atoms with Crippen LogP contribution < -0.4 is 5.32 Å². The highest BCUT2D eigenvalue weighted by Gasteiger charge is 2.30. The molecule has 1 heterocycles. The molecular weight excluding hydrogens is 248 g/mol. The van der Waals surface area contributed by atoms with Gasteiger partial charge in [-0.15, -0.1) is 0 Å². The van der Waals surface area contributed by atoms with Gasteiger partial charge in [0.15, 0.2) is 5.11 Å². The van der Waals surface area contributed by atoms with Gasteiger partial charge in [0.2, 0.25) is 0 Å². The van der Waals surface area contributed by atoms with Gasteiger partial charge in [0.05, 0.1) is 0 Å². The van der Waals surface area contributed by atoms with Crippen molar-refractivity contribution < 1.29 is 0 Å². The van der Waals surface area contributed by atoms with Gasteiger partial charge in [-0.25, -0.2) is 0 Å². The second-order valence-corrected chi connectivity index (χ2v) is 6.24. The van der Waals surface area contributed by atoms with Crippen LogP contribution in [0.25, 0.3) is 0 Å². The van der Waals surface area contributed by atoms with Crippen molar-refractivity contribution in [2.24, 2.45) is 5.92 Å². The monoisotopic (exact) mass is 268 g/mol. The summed E-state index contributed by atoms with van der Waals surface area (Å²) in [4.78, 5) is 2.35. The number of thiocarbonyl (C=S) groups is 1. The van der Waals surface area contributed by atoms with Crippen molar-refractivity contribution in [2.45, 2.75) is 39.3 Å². The first kappa shape index (κ1) is 12.8. The molecule has 1 fully saturated rings. The fourth-order valence-electron chi connectivity index (χ4n) is 1.73. The van der Waals surface area contributed by atoms with E-state index in [4.69, 9.17) is 12.2 Å². The Bertz CT molecular complexity index is 356. The largest absolute Gasteiger partial charge is 0.362 e. The summed E-state index contributed by atoms with van der Waals surface area (Å²) in [5.74, 6) is 0.634. The number of nitrogens with one attached hydrogen (secondary N) is 1. The number of rotatable bonds is 5. The Morgan fingerprint density at radius 2 is 2.35 bits per heavy atom. The van der Waals surface area contributed by atoms with E-state index in [-0.39, 0.29) is 0 Å². The molecule has 0 aromatic carbocycles. The molecule has 1 aromatic rings. The molecule has 0 atom stereocenters. The molecule has 0 amide bonds. The average Bonchev–Trinajstić information content (AvgIpc) is 3.00. The molecule has 0 radical (unpaired) electrons. The third-order valence-electron chi connectivity index (χ3n) is 2.84. The van der Waals surface area contributed by atoms with Crippen LogP contribution in [0.15, 0.2) is 16.8 Å². The first-order valence-electron chi connectivity index (χ1n) is 6.22. The maximum Gasteiger partial charge on any atom is 0.169 e. The Morgan fingerprint density at radius 1 is 1.59 bits per heavy atom. The molecule has 94 valence electrons. The zero-order chi connectivity index (χ0) is 12.3. The van der Waals surface area contributed by atoms with Crippen molar-refractivity contribution in [1.29, 1.82) is 0 Å². The number of hydrogen-bond donors (Lipinski definition) is 1. The quantitative estimate of drug-likeness (QED) is 0.825. The van der Waals surface area contributed by atoms with Gasteiger partial charge in [0.1, 0.15) is 0 Å². The summed E-state index contributed by atoms with van der Waals surface area (Å²) < 4.78 is 0. The first-order valence-corrected chi connectivity index (χ1v) is 7.57. The molecule has 2 rings (SSSR count). The van der Waals surface area contributed by atoms with Gasteiger partial charge in [-0.3, -0.25) is 0 Å². The highest BCUT2D eigenvalue weighted by molar-refractivity contribution is 7.80. The Balaban J connectivity index is 1.90. The molecular formula is C13H20N2S2. The summed E-state index contributed by atoms with van der Waals surface area (Å²) in [5, 5.41) is 8.64. The van der Waals surface area contributed by atoms with Crippen molar-refractivity contribution in [3.05, 3.63) is 22.4 Å². The lowest BCUT2D eigenvalue weighted by atomic mass is 10.2. The molecule has 0 bridgehead atoms. The highest BCUT2D eigenvalue weighted by atomic mass is 32.1. The molecule has 1 saturated carbocycles. The molecule has 1 aliphatic rings. The zero-order valence-corrected chi connectivity index (χ0v) is 12.1. The van der Waals surface area contributed by atoms with Gasteiger partial charge in [0, 0.05) is 19.1 Å². The summed E-state index contributed by atoms with van der Waals surface area (Å²) in [7, 11) is 0. The summed E-state index contributed by atoms with van der Waals surface area (Å²) in [6, 6.07) is 2.85. The molecule has 2 nitrogen and oxygen atoms in total. The minimum atomic E-state index is 0.634. The third kappa shape index (κ3) is 3.96. The highest BCUT2D eigenvalue weighted by Crippen LogP contribution is 2.28. The molecule has 4 heteroatoms. The van der Waals surface area contributed by atoms with Crippen molar-refractivity contribution in [3.63, 3.8) is 0 Å². The van der Waals surface area contributed by atoms with Crippen LogP contribution in [0.3, 0.4) is 0 Å². The summed E-state index contributed by atoms with van der Waals surface area (Å²) in [5.41, 5.74) is 1.37. The van der Waals surface area contributed by atoms with Gasteiger partial charge in [-0.2, -0.15) is 11.3 Å². The van der Waals surface area contributed by atoms with Crippen molar-refractivity contribution in [1.82, 2.24) is 10.2 Å².